The van der Waals surface area contributed by atoms with E-state index < -0.39 is 0 Å². The standard InChI is InChI=1S/C4H6BrNO/c5-4(3-7)1-2-6/h4,7H,1,3H2/t4-/m1/s1. The molecule has 0 saturated heterocycles. The van der Waals surface area contributed by atoms with E-state index >= 15 is 0 Å². The fraction of sp³-hybridized carbons (Fsp3) is 0.750. The average Bonchev–Trinajstić information content (AvgIpc) is 1.68. The Kier molecular flexibility index (Phi) is 4.06. The van der Waals surface area contributed by atoms with Gasteiger partial charge in [-0.1, -0.05) is 15.9 Å². The average molecular weight is 164 g/mol. The summed E-state index contributed by atoms with van der Waals surface area (Å²) in [5, 5.41) is 16.2. The molecule has 0 aliphatic carbocycles. The highest BCUT2D eigenvalue weighted by atomic mass is 79.9. The van der Waals surface area contributed by atoms with E-state index in [9.17, 15) is 0 Å². The van der Waals surface area contributed by atoms with E-state index in [0.29, 0.717) is 6.42 Å². The van der Waals surface area contributed by atoms with Gasteiger partial charge in [0.2, 0.25) is 0 Å². The molecular formula is C4H6BrNO. The van der Waals surface area contributed by atoms with Crippen molar-refractivity contribution in [3.05, 3.63) is 0 Å². The predicted octanol–water partition coefficient (Wildman–Crippen LogP) is 0.656. The van der Waals surface area contributed by atoms with Crippen LogP contribution in [0.15, 0.2) is 0 Å². The van der Waals surface area contributed by atoms with Crippen LogP contribution < -0.4 is 0 Å². The molecule has 0 fully saturated rings. The molecule has 0 rings (SSSR count). The molecule has 0 bridgehead atoms. The summed E-state index contributed by atoms with van der Waals surface area (Å²) >= 11 is 3.06. The maximum absolute atomic E-state index is 8.27. The summed E-state index contributed by atoms with van der Waals surface area (Å²) in [6.07, 6.45) is 0.372. The molecule has 0 heterocycles. The van der Waals surface area contributed by atoms with Gasteiger partial charge in [-0.2, -0.15) is 5.26 Å². The lowest BCUT2D eigenvalue weighted by molar-refractivity contribution is 0.297. The summed E-state index contributed by atoms with van der Waals surface area (Å²) in [4.78, 5) is -0.0440. The van der Waals surface area contributed by atoms with Gasteiger partial charge in [0.25, 0.3) is 0 Å². The van der Waals surface area contributed by atoms with Crippen LogP contribution in [0.4, 0.5) is 0 Å². The van der Waals surface area contributed by atoms with Crippen molar-refractivity contribution >= 4 is 15.9 Å². The van der Waals surface area contributed by atoms with Crippen LogP contribution in [0.25, 0.3) is 0 Å². The van der Waals surface area contributed by atoms with E-state index in [1.807, 2.05) is 6.07 Å². The van der Waals surface area contributed by atoms with Crippen molar-refractivity contribution in [2.24, 2.45) is 0 Å². The van der Waals surface area contributed by atoms with Gasteiger partial charge >= 0.3 is 0 Å². The molecule has 0 saturated carbocycles. The molecule has 0 aromatic rings. The Labute approximate surface area is 50.9 Å². The predicted molar refractivity (Wildman–Crippen MR) is 30.0 cm³/mol. The van der Waals surface area contributed by atoms with Crippen LogP contribution in [-0.2, 0) is 0 Å². The Morgan fingerprint density at radius 3 is 2.57 bits per heavy atom. The van der Waals surface area contributed by atoms with Crippen LogP contribution >= 0.6 is 15.9 Å². The van der Waals surface area contributed by atoms with E-state index in [2.05, 4.69) is 15.9 Å². The summed E-state index contributed by atoms with van der Waals surface area (Å²) in [6, 6.07) is 1.91. The van der Waals surface area contributed by atoms with E-state index in [-0.39, 0.29) is 11.4 Å². The zero-order valence-electron chi connectivity index (χ0n) is 3.76. The first-order valence-electron chi connectivity index (χ1n) is 1.93. The lowest BCUT2D eigenvalue weighted by Crippen LogP contribution is -2.00. The van der Waals surface area contributed by atoms with Crippen molar-refractivity contribution < 1.29 is 5.11 Å². The first kappa shape index (κ1) is 6.93. The van der Waals surface area contributed by atoms with Crippen molar-refractivity contribution in [2.45, 2.75) is 11.2 Å². The summed E-state index contributed by atoms with van der Waals surface area (Å²) in [7, 11) is 0. The van der Waals surface area contributed by atoms with E-state index in [0.717, 1.165) is 0 Å². The van der Waals surface area contributed by atoms with Gasteiger partial charge in [0.15, 0.2) is 0 Å². The maximum Gasteiger partial charge on any atom is 0.0634 e. The highest BCUT2D eigenvalue weighted by Crippen LogP contribution is 2.00. The molecule has 0 aromatic carbocycles. The zero-order chi connectivity index (χ0) is 5.70. The van der Waals surface area contributed by atoms with E-state index in [4.69, 9.17) is 10.4 Å². The second-order valence-corrected chi connectivity index (χ2v) is 2.44. The van der Waals surface area contributed by atoms with Crippen molar-refractivity contribution in [3.63, 3.8) is 0 Å². The Bertz CT molecular complexity index is 78.2. The summed E-state index contributed by atoms with van der Waals surface area (Å²) in [5.74, 6) is 0. The highest BCUT2D eigenvalue weighted by Gasteiger charge is 1.96. The number of halogens is 1. The Hall–Kier alpha value is -0.0700. The highest BCUT2D eigenvalue weighted by molar-refractivity contribution is 9.09. The van der Waals surface area contributed by atoms with Crippen LogP contribution in [0.5, 0.6) is 0 Å². The maximum atomic E-state index is 8.27. The lowest BCUT2D eigenvalue weighted by atomic mass is 10.3. The third-order valence-electron chi connectivity index (χ3n) is 0.511. The minimum atomic E-state index is -0.0440. The largest absolute Gasteiger partial charge is 0.395 e. The minimum Gasteiger partial charge on any atom is -0.395 e. The van der Waals surface area contributed by atoms with Gasteiger partial charge in [0.05, 0.1) is 17.5 Å². The smallest absolute Gasteiger partial charge is 0.0634 e. The second kappa shape index (κ2) is 4.10. The SMILES string of the molecule is N#CC[C@@H](Br)CO. The molecule has 0 aromatic heterocycles. The van der Waals surface area contributed by atoms with Gasteiger partial charge in [0.1, 0.15) is 0 Å². The molecule has 1 N–H and O–H groups in total. The first-order chi connectivity index (χ1) is 3.31. The number of hydrogen-bond donors (Lipinski definition) is 1. The molecular weight excluding hydrogens is 158 g/mol. The van der Waals surface area contributed by atoms with Crippen LogP contribution in [-0.4, -0.2) is 16.5 Å². The summed E-state index contributed by atoms with van der Waals surface area (Å²) < 4.78 is 0. The number of aliphatic hydroxyl groups excluding tert-OH is 1. The van der Waals surface area contributed by atoms with E-state index in [1.54, 1.807) is 0 Å². The van der Waals surface area contributed by atoms with Crippen molar-refractivity contribution in [1.82, 2.24) is 0 Å². The van der Waals surface area contributed by atoms with Gasteiger partial charge < -0.3 is 5.11 Å². The number of aliphatic hydroxyl groups is 1. The van der Waals surface area contributed by atoms with Gasteiger partial charge in [-0.25, -0.2) is 0 Å². The molecule has 3 heteroatoms. The third kappa shape index (κ3) is 3.77. The van der Waals surface area contributed by atoms with Crippen molar-refractivity contribution in [1.29, 1.82) is 5.26 Å². The van der Waals surface area contributed by atoms with Crippen LogP contribution in [0.2, 0.25) is 0 Å². The minimum absolute atomic E-state index is 0.0353. The van der Waals surface area contributed by atoms with Gasteiger partial charge in [-0.05, 0) is 0 Å². The quantitative estimate of drug-likeness (QED) is 0.609. The van der Waals surface area contributed by atoms with Crippen LogP contribution in [0.1, 0.15) is 6.42 Å². The lowest BCUT2D eigenvalue weighted by Gasteiger charge is -1.93. The number of nitriles is 1. The van der Waals surface area contributed by atoms with Crippen LogP contribution in [0, 0.1) is 11.3 Å². The molecule has 0 amide bonds. The Morgan fingerprint density at radius 1 is 1.86 bits per heavy atom. The normalized spacial score (nSPS) is 12.7. The number of rotatable bonds is 2. The third-order valence-corrected chi connectivity index (χ3v) is 1.12. The van der Waals surface area contributed by atoms with Gasteiger partial charge in [0, 0.05) is 6.42 Å². The first-order valence-corrected chi connectivity index (χ1v) is 2.84. The topological polar surface area (TPSA) is 44.0 Å². The molecule has 1 atom stereocenters. The zero-order valence-corrected chi connectivity index (χ0v) is 5.35. The fourth-order valence-corrected chi connectivity index (χ4v) is 0.308. The Morgan fingerprint density at radius 2 is 2.43 bits per heavy atom. The molecule has 2 nitrogen and oxygen atoms in total. The molecule has 0 radical (unpaired) electrons. The molecule has 7 heavy (non-hydrogen) atoms. The molecule has 0 aliphatic rings. The van der Waals surface area contributed by atoms with Crippen LogP contribution in [0.3, 0.4) is 0 Å². The molecule has 0 spiro atoms. The van der Waals surface area contributed by atoms with Crippen molar-refractivity contribution in [2.75, 3.05) is 6.61 Å². The fourth-order valence-electron chi connectivity index (χ4n) is 0.164. The number of nitrogens with zero attached hydrogens (tertiary/aromatic N) is 1. The van der Waals surface area contributed by atoms with Gasteiger partial charge in [-0.15, -0.1) is 0 Å². The number of alkyl halides is 1. The molecule has 40 valence electrons. The summed E-state index contributed by atoms with van der Waals surface area (Å²) in [6.45, 7) is 0.0353. The Balaban J connectivity index is 3.03. The molecule has 0 aliphatic heterocycles. The second-order valence-electron chi connectivity index (χ2n) is 1.14. The summed E-state index contributed by atoms with van der Waals surface area (Å²) in [5.41, 5.74) is 0. The number of hydrogen-bond acceptors (Lipinski definition) is 2. The van der Waals surface area contributed by atoms with Crippen molar-refractivity contribution in [3.8, 4) is 6.07 Å². The van der Waals surface area contributed by atoms with Gasteiger partial charge in [-0.3, -0.25) is 0 Å². The molecule has 0 unspecified atom stereocenters. The monoisotopic (exact) mass is 163 g/mol. The van der Waals surface area contributed by atoms with E-state index in [1.165, 1.54) is 0 Å².